The van der Waals surface area contributed by atoms with Gasteiger partial charge in [-0.1, -0.05) is 37.3 Å². The highest BCUT2D eigenvalue weighted by molar-refractivity contribution is 7.16. The van der Waals surface area contributed by atoms with Crippen LogP contribution in [0.5, 0.6) is 0 Å². The van der Waals surface area contributed by atoms with Crippen LogP contribution in [0.15, 0.2) is 41.1 Å². The van der Waals surface area contributed by atoms with Gasteiger partial charge in [0.25, 0.3) is 0 Å². The summed E-state index contributed by atoms with van der Waals surface area (Å²) < 4.78 is 0. The van der Waals surface area contributed by atoms with Crippen LogP contribution in [0, 0.1) is 6.92 Å². The van der Waals surface area contributed by atoms with Crippen LogP contribution in [0.3, 0.4) is 0 Å². The van der Waals surface area contributed by atoms with Gasteiger partial charge in [0, 0.05) is 27.9 Å². The number of hydrogen-bond acceptors (Lipinski definition) is 4. The van der Waals surface area contributed by atoms with Crippen molar-refractivity contribution in [2.75, 3.05) is 6.54 Å². The van der Waals surface area contributed by atoms with E-state index in [1.165, 1.54) is 21.6 Å². The molecule has 0 bridgehead atoms. The van der Waals surface area contributed by atoms with Crippen molar-refractivity contribution >= 4 is 22.7 Å². The van der Waals surface area contributed by atoms with E-state index in [9.17, 15) is 0 Å². The molecule has 0 aliphatic carbocycles. The van der Waals surface area contributed by atoms with Crippen LogP contribution in [0.2, 0.25) is 0 Å². The smallest absolute Gasteiger partial charge is 0.125 e. The van der Waals surface area contributed by atoms with E-state index in [2.05, 4.69) is 54.2 Å². The number of thiophene rings is 1. The Morgan fingerprint density at radius 1 is 1.14 bits per heavy atom. The Bertz CT molecular complexity index is 713. The molecule has 2 heterocycles. The van der Waals surface area contributed by atoms with E-state index in [1.54, 1.807) is 22.7 Å². The molecule has 21 heavy (non-hydrogen) atoms. The maximum absolute atomic E-state index is 4.92. The fourth-order valence-electron chi connectivity index (χ4n) is 2.23. The second-order valence-corrected chi connectivity index (χ2v) is 6.73. The Morgan fingerprint density at radius 3 is 2.62 bits per heavy atom. The second kappa shape index (κ2) is 6.52. The Hall–Kier alpha value is -1.49. The molecule has 0 aliphatic rings. The van der Waals surface area contributed by atoms with Crippen molar-refractivity contribution in [2.24, 2.45) is 0 Å². The Balaban J connectivity index is 2.05. The molecule has 0 saturated heterocycles. The van der Waals surface area contributed by atoms with Crippen molar-refractivity contribution < 1.29 is 0 Å². The lowest BCUT2D eigenvalue weighted by Crippen LogP contribution is -2.11. The van der Waals surface area contributed by atoms with Gasteiger partial charge in [-0.2, -0.15) is 11.3 Å². The SMILES string of the molecule is CCNCc1sc(-c2cscc2C)nc1-c1ccccc1. The first kappa shape index (κ1) is 14.4. The molecule has 2 aromatic heterocycles. The topological polar surface area (TPSA) is 24.9 Å². The molecule has 108 valence electrons. The first-order valence-electron chi connectivity index (χ1n) is 7.08. The van der Waals surface area contributed by atoms with Crippen LogP contribution >= 0.6 is 22.7 Å². The first-order chi connectivity index (χ1) is 10.3. The summed E-state index contributed by atoms with van der Waals surface area (Å²) in [5.74, 6) is 0. The van der Waals surface area contributed by atoms with Crippen LogP contribution in [0.25, 0.3) is 21.8 Å². The highest BCUT2D eigenvalue weighted by Crippen LogP contribution is 2.36. The summed E-state index contributed by atoms with van der Waals surface area (Å²) in [5.41, 5.74) is 4.89. The summed E-state index contributed by atoms with van der Waals surface area (Å²) in [6.07, 6.45) is 0. The molecule has 0 unspecified atom stereocenters. The number of rotatable bonds is 5. The minimum absolute atomic E-state index is 0.877. The highest BCUT2D eigenvalue weighted by Gasteiger charge is 2.15. The van der Waals surface area contributed by atoms with E-state index in [4.69, 9.17) is 4.98 Å². The summed E-state index contributed by atoms with van der Waals surface area (Å²) in [5, 5.41) is 8.92. The number of aryl methyl sites for hydroxylation is 1. The predicted octanol–water partition coefficient (Wildman–Crippen LogP) is 4.96. The summed E-state index contributed by atoms with van der Waals surface area (Å²) in [4.78, 5) is 6.23. The Kier molecular flexibility index (Phi) is 4.48. The van der Waals surface area contributed by atoms with E-state index in [1.807, 2.05) is 6.07 Å². The summed E-state index contributed by atoms with van der Waals surface area (Å²) in [7, 11) is 0. The lowest BCUT2D eigenvalue weighted by molar-refractivity contribution is 0.735. The predicted molar refractivity (Wildman–Crippen MR) is 93.0 cm³/mol. The van der Waals surface area contributed by atoms with Crippen molar-refractivity contribution in [3.63, 3.8) is 0 Å². The Labute approximate surface area is 133 Å². The van der Waals surface area contributed by atoms with Crippen LogP contribution in [-0.2, 0) is 6.54 Å². The van der Waals surface area contributed by atoms with E-state index in [-0.39, 0.29) is 0 Å². The molecule has 0 radical (unpaired) electrons. The highest BCUT2D eigenvalue weighted by atomic mass is 32.1. The standard InChI is InChI=1S/C17H18N2S2/c1-3-18-9-15-16(13-7-5-4-6-8-13)19-17(21-15)14-11-20-10-12(14)2/h4-8,10-11,18H,3,9H2,1-2H3. The largest absolute Gasteiger partial charge is 0.312 e. The molecule has 0 atom stereocenters. The average molecular weight is 314 g/mol. The molecule has 3 rings (SSSR count). The molecule has 1 N–H and O–H groups in total. The van der Waals surface area contributed by atoms with E-state index in [0.29, 0.717) is 0 Å². The maximum Gasteiger partial charge on any atom is 0.125 e. The summed E-state index contributed by atoms with van der Waals surface area (Å²) in [6.45, 7) is 6.13. The van der Waals surface area contributed by atoms with Crippen molar-refractivity contribution in [1.82, 2.24) is 10.3 Å². The zero-order chi connectivity index (χ0) is 14.7. The number of hydrogen-bond donors (Lipinski definition) is 1. The van der Waals surface area contributed by atoms with Crippen LogP contribution in [0.1, 0.15) is 17.4 Å². The number of benzene rings is 1. The first-order valence-corrected chi connectivity index (χ1v) is 8.84. The van der Waals surface area contributed by atoms with Gasteiger partial charge < -0.3 is 5.32 Å². The van der Waals surface area contributed by atoms with Gasteiger partial charge in [-0.3, -0.25) is 0 Å². The molecule has 0 saturated carbocycles. The fourth-order valence-corrected chi connectivity index (χ4v) is 4.27. The van der Waals surface area contributed by atoms with Gasteiger partial charge in [0.1, 0.15) is 5.01 Å². The molecule has 0 fully saturated rings. The third-order valence-electron chi connectivity index (χ3n) is 3.37. The number of aromatic nitrogens is 1. The third-order valence-corrected chi connectivity index (χ3v) is 5.32. The molecule has 0 spiro atoms. The molecule has 3 aromatic rings. The zero-order valence-corrected chi connectivity index (χ0v) is 13.9. The molecule has 2 nitrogen and oxygen atoms in total. The van der Waals surface area contributed by atoms with Crippen molar-refractivity contribution in [2.45, 2.75) is 20.4 Å². The van der Waals surface area contributed by atoms with E-state index < -0.39 is 0 Å². The van der Waals surface area contributed by atoms with Crippen molar-refractivity contribution in [3.8, 4) is 21.8 Å². The lowest BCUT2D eigenvalue weighted by atomic mass is 10.1. The summed E-state index contributed by atoms with van der Waals surface area (Å²) >= 11 is 3.54. The number of thiazole rings is 1. The van der Waals surface area contributed by atoms with Gasteiger partial charge in [0.05, 0.1) is 5.69 Å². The summed E-state index contributed by atoms with van der Waals surface area (Å²) in [6, 6.07) is 10.5. The van der Waals surface area contributed by atoms with Crippen molar-refractivity contribution in [3.05, 3.63) is 51.5 Å². The second-order valence-electron chi connectivity index (χ2n) is 4.91. The molecular weight excluding hydrogens is 296 g/mol. The average Bonchev–Trinajstić information content (AvgIpc) is 3.12. The van der Waals surface area contributed by atoms with E-state index >= 15 is 0 Å². The molecule has 1 aromatic carbocycles. The molecule has 0 amide bonds. The zero-order valence-electron chi connectivity index (χ0n) is 12.2. The van der Waals surface area contributed by atoms with Gasteiger partial charge >= 0.3 is 0 Å². The Morgan fingerprint density at radius 2 is 1.95 bits per heavy atom. The number of nitrogens with one attached hydrogen (secondary N) is 1. The minimum atomic E-state index is 0.877. The molecule has 0 aliphatic heterocycles. The third kappa shape index (κ3) is 3.07. The lowest BCUT2D eigenvalue weighted by Gasteiger charge is -2.02. The van der Waals surface area contributed by atoms with Crippen LogP contribution in [0.4, 0.5) is 0 Å². The quantitative estimate of drug-likeness (QED) is 0.720. The fraction of sp³-hybridized carbons (Fsp3) is 0.235. The van der Waals surface area contributed by atoms with Gasteiger partial charge in [-0.05, 0) is 24.4 Å². The van der Waals surface area contributed by atoms with Crippen LogP contribution in [-0.4, -0.2) is 11.5 Å². The maximum atomic E-state index is 4.92. The van der Waals surface area contributed by atoms with Crippen LogP contribution < -0.4 is 5.32 Å². The van der Waals surface area contributed by atoms with Gasteiger partial charge in [-0.25, -0.2) is 4.98 Å². The molecular formula is C17H18N2S2. The number of nitrogens with zero attached hydrogens (tertiary/aromatic N) is 1. The normalized spacial score (nSPS) is 11.0. The van der Waals surface area contributed by atoms with Gasteiger partial charge in [0.15, 0.2) is 0 Å². The minimum Gasteiger partial charge on any atom is -0.312 e. The molecule has 4 heteroatoms. The van der Waals surface area contributed by atoms with Gasteiger partial charge in [-0.15, -0.1) is 11.3 Å². The van der Waals surface area contributed by atoms with E-state index in [0.717, 1.165) is 23.8 Å². The van der Waals surface area contributed by atoms with Crippen molar-refractivity contribution in [1.29, 1.82) is 0 Å². The van der Waals surface area contributed by atoms with Gasteiger partial charge in [0.2, 0.25) is 0 Å². The monoisotopic (exact) mass is 314 g/mol.